The van der Waals surface area contributed by atoms with E-state index in [4.69, 9.17) is 0 Å². The molecule has 2 aliphatic rings. The summed E-state index contributed by atoms with van der Waals surface area (Å²) in [5.74, 6) is -1.42. The topological polar surface area (TPSA) is 66.5 Å². The van der Waals surface area contributed by atoms with Crippen molar-refractivity contribution >= 4 is 34.2 Å². The fourth-order valence-electron chi connectivity index (χ4n) is 3.64. The number of likely N-dealkylation sites (tertiary alicyclic amines) is 1. The first kappa shape index (κ1) is 15.6. The predicted octanol–water partition coefficient (Wildman–Crippen LogP) is 2.73. The van der Waals surface area contributed by atoms with E-state index in [-0.39, 0.29) is 36.1 Å². The Morgan fingerprint density at radius 3 is 2.28 bits per heavy atom. The number of nitrogens with zero attached hydrogens (tertiary/aromatic N) is 1. The molecule has 2 atom stereocenters. The third kappa shape index (κ3) is 2.82. The second-order valence-corrected chi connectivity index (χ2v) is 6.53. The number of hydrogen-bond donors (Lipinski definition) is 1. The van der Waals surface area contributed by atoms with Crippen LogP contribution in [0.2, 0.25) is 0 Å². The molecule has 3 amide bonds. The van der Waals surface area contributed by atoms with E-state index in [0.29, 0.717) is 18.5 Å². The van der Waals surface area contributed by atoms with Crippen LogP contribution in [0.3, 0.4) is 0 Å². The van der Waals surface area contributed by atoms with Crippen molar-refractivity contribution in [3.8, 4) is 0 Å². The monoisotopic (exact) mass is 334 g/mol. The minimum atomic E-state index is -0.358. The lowest BCUT2D eigenvalue weighted by atomic mass is 9.85. The molecule has 4 rings (SSSR count). The highest BCUT2D eigenvalue weighted by Crippen LogP contribution is 2.34. The predicted molar refractivity (Wildman–Crippen MR) is 94.7 cm³/mol. The van der Waals surface area contributed by atoms with Gasteiger partial charge in [0.05, 0.1) is 11.8 Å². The van der Waals surface area contributed by atoms with Crippen molar-refractivity contribution in [1.82, 2.24) is 4.90 Å². The maximum absolute atomic E-state index is 12.4. The fraction of sp³-hybridized carbons (Fsp3) is 0.250. The summed E-state index contributed by atoms with van der Waals surface area (Å²) in [6.07, 6.45) is 5.03. The van der Waals surface area contributed by atoms with Crippen LogP contribution >= 0.6 is 0 Å². The second-order valence-electron chi connectivity index (χ2n) is 6.53. The van der Waals surface area contributed by atoms with Crippen molar-refractivity contribution < 1.29 is 14.4 Å². The van der Waals surface area contributed by atoms with Gasteiger partial charge in [0.25, 0.3) is 0 Å². The Labute approximate surface area is 145 Å². The smallest absolute Gasteiger partial charge is 0.244 e. The Hall–Kier alpha value is -2.95. The molecule has 0 radical (unpaired) electrons. The lowest BCUT2D eigenvalue weighted by molar-refractivity contribution is -0.142. The van der Waals surface area contributed by atoms with Crippen LogP contribution in [0.25, 0.3) is 10.8 Å². The highest BCUT2D eigenvalue weighted by molar-refractivity contribution is 6.09. The summed E-state index contributed by atoms with van der Waals surface area (Å²) in [6.45, 7) is -0.225. The van der Waals surface area contributed by atoms with E-state index in [1.165, 1.54) is 0 Å². The summed E-state index contributed by atoms with van der Waals surface area (Å²) in [4.78, 5) is 38.2. The van der Waals surface area contributed by atoms with Gasteiger partial charge < -0.3 is 5.32 Å². The lowest BCUT2D eigenvalue weighted by Gasteiger charge is -2.14. The molecule has 1 aliphatic heterocycles. The van der Waals surface area contributed by atoms with Crippen LogP contribution in [0, 0.1) is 11.8 Å². The molecule has 1 fully saturated rings. The number of hydrogen-bond acceptors (Lipinski definition) is 3. The van der Waals surface area contributed by atoms with Gasteiger partial charge in [-0.25, -0.2) is 0 Å². The van der Waals surface area contributed by atoms with Crippen molar-refractivity contribution in [2.75, 3.05) is 11.9 Å². The van der Waals surface area contributed by atoms with Crippen molar-refractivity contribution in [3.05, 3.63) is 54.6 Å². The lowest BCUT2D eigenvalue weighted by Crippen LogP contribution is -2.38. The highest BCUT2D eigenvalue weighted by Gasteiger charge is 2.47. The van der Waals surface area contributed by atoms with Gasteiger partial charge >= 0.3 is 0 Å². The number of allylic oxidation sites excluding steroid dienone is 2. The van der Waals surface area contributed by atoms with E-state index in [2.05, 4.69) is 5.32 Å². The van der Waals surface area contributed by atoms with E-state index in [0.717, 1.165) is 15.7 Å². The average molecular weight is 334 g/mol. The Balaban J connectivity index is 1.46. The van der Waals surface area contributed by atoms with Gasteiger partial charge in [0.2, 0.25) is 17.7 Å². The fourth-order valence-corrected chi connectivity index (χ4v) is 3.64. The molecule has 2 aromatic carbocycles. The van der Waals surface area contributed by atoms with Gasteiger partial charge in [-0.15, -0.1) is 0 Å². The van der Waals surface area contributed by atoms with Crippen molar-refractivity contribution in [2.24, 2.45) is 11.8 Å². The summed E-state index contributed by atoms with van der Waals surface area (Å²) >= 11 is 0. The zero-order valence-electron chi connectivity index (χ0n) is 13.6. The van der Waals surface area contributed by atoms with Crippen LogP contribution in [-0.4, -0.2) is 29.2 Å². The summed E-state index contributed by atoms with van der Waals surface area (Å²) in [7, 11) is 0. The molecule has 1 heterocycles. The van der Waals surface area contributed by atoms with Crippen molar-refractivity contribution in [3.63, 3.8) is 0 Å². The molecular weight excluding hydrogens is 316 g/mol. The van der Waals surface area contributed by atoms with Gasteiger partial charge in [-0.1, -0.05) is 42.5 Å². The molecule has 0 unspecified atom stereocenters. The Morgan fingerprint density at radius 1 is 0.960 bits per heavy atom. The second kappa shape index (κ2) is 6.16. The maximum Gasteiger partial charge on any atom is 0.244 e. The molecule has 5 nitrogen and oxygen atoms in total. The number of benzene rings is 2. The molecule has 0 bridgehead atoms. The molecule has 1 aliphatic carbocycles. The summed E-state index contributed by atoms with van der Waals surface area (Å²) < 4.78 is 0. The van der Waals surface area contributed by atoms with Crippen LogP contribution in [0.1, 0.15) is 12.8 Å². The van der Waals surface area contributed by atoms with Gasteiger partial charge in [0.1, 0.15) is 6.54 Å². The first-order valence-corrected chi connectivity index (χ1v) is 8.42. The minimum Gasteiger partial charge on any atom is -0.325 e. The highest BCUT2D eigenvalue weighted by atomic mass is 16.2. The zero-order chi connectivity index (χ0) is 17.4. The number of fused-ring (bicyclic) bond motifs is 2. The quantitative estimate of drug-likeness (QED) is 0.693. The van der Waals surface area contributed by atoms with Gasteiger partial charge in [-0.2, -0.15) is 0 Å². The van der Waals surface area contributed by atoms with E-state index >= 15 is 0 Å². The van der Waals surface area contributed by atoms with Crippen LogP contribution in [0.15, 0.2) is 54.6 Å². The van der Waals surface area contributed by atoms with E-state index in [1.54, 1.807) is 0 Å². The molecule has 1 N–H and O–H groups in total. The number of amides is 3. The summed E-state index contributed by atoms with van der Waals surface area (Å²) in [5, 5.41) is 4.89. The molecule has 0 spiro atoms. The van der Waals surface area contributed by atoms with Crippen LogP contribution in [-0.2, 0) is 14.4 Å². The Morgan fingerprint density at radius 2 is 1.60 bits per heavy atom. The first-order chi connectivity index (χ1) is 12.1. The third-order valence-electron chi connectivity index (χ3n) is 4.93. The van der Waals surface area contributed by atoms with Crippen LogP contribution < -0.4 is 5.32 Å². The van der Waals surface area contributed by atoms with Gasteiger partial charge in [-0.3, -0.25) is 19.3 Å². The van der Waals surface area contributed by atoms with Crippen molar-refractivity contribution in [1.29, 1.82) is 0 Å². The first-order valence-electron chi connectivity index (χ1n) is 8.42. The van der Waals surface area contributed by atoms with Gasteiger partial charge in [0, 0.05) is 5.69 Å². The molecule has 0 saturated carbocycles. The number of nitrogens with one attached hydrogen (secondary N) is 1. The minimum absolute atomic E-state index is 0.225. The number of imide groups is 1. The third-order valence-corrected chi connectivity index (χ3v) is 4.93. The Kier molecular flexibility index (Phi) is 3.84. The largest absolute Gasteiger partial charge is 0.325 e. The number of rotatable bonds is 3. The maximum atomic E-state index is 12.4. The average Bonchev–Trinajstić information content (AvgIpc) is 2.87. The summed E-state index contributed by atoms with van der Waals surface area (Å²) in [6, 6.07) is 13.5. The molecule has 126 valence electrons. The Bertz CT molecular complexity index is 877. The van der Waals surface area contributed by atoms with Crippen molar-refractivity contribution in [2.45, 2.75) is 12.8 Å². The number of anilines is 1. The van der Waals surface area contributed by atoms with Crippen LogP contribution in [0.4, 0.5) is 5.69 Å². The van der Waals surface area contributed by atoms with Gasteiger partial charge in [0.15, 0.2) is 0 Å². The van der Waals surface area contributed by atoms with Crippen LogP contribution in [0.5, 0.6) is 0 Å². The van der Waals surface area contributed by atoms with E-state index in [9.17, 15) is 14.4 Å². The number of carbonyl (C=O) groups excluding carboxylic acids is 3. The zero-order valence-corrected chi connectivity index (χ0v) is 13.6. The molecule has 25 heavy (non-hydrogen) atoms. The standard InChI is InChI=1S/C20H18N2O3/c23-18(21-15-10-9-13-5-1-2-6-14(13)11-15)12-22-19(24)16-7-3-4-8-17(16)20(22)25/h1-6,9-11,16-17H,7-8,12H2,(H,21,23)/t16-,17-/m1/s1. The number of carbonyl (C=O) groups is 3. The normalized spacial score (nSPS) is 22.3. The molecular formula is C20H18N2O3. The van der Waals surface area contributed by atoms with E-state index in [1.807, 2.05) is 54.6 Å². The van der Waals surface area contributed by atoms with E-state index < -0.39 is 0 Å². The SMILES string of the molecule is O=C(CN1C(=O)[C@@H]2CC=CC[C@H]2C1=O)Nc1ccc2ccccc2c1. The molecule has 1 saturated heterocycles. The molecule has 0 aromatic heterocycles. The summed E-state index contributed by atoms with van der Waals surface area (Å²) in [5.41, 5.74) is 0.655. The van der Waals surface area contributed by atoms with Gasteiger partial charge in [-0.05, 0) is 35.7 Å². The molecule has 2 aromatic rings. The molecule has 5 heteroatoms.